The fourth-order valence-electron chi connectivity index (χ4n) is 4.10. The van der Waals surface area contributed by atoms with E-state index in [-0.39, 0.29) is 17.6 Å². The van der Waals surface area contributed by atoms with Gasteiger partial charge in [-0.15, -0.1) is 0 Å². The van der Waals surface area contributed by atoms with E-state index in [9.17, 15) is 14.7 Å². The van der Waals surface area contributed by atoms with Crippen LogP contribution in [0.15, 0.2) is 36.4 Å². The molecule has 0 bridgehead atoms. The third-order valence-corrected chi connectivity index (χ3v) is 5.94. The first-order chi connectivity index (χ1) is 13.4. The van der Waals surface area contributed by atoms with Gasteiger partial charge in [-0.3, -0.25) is 4.79 Å². The number of nitriles is 1. The van der Waals surface area contributed by atoms with Crippen LogP contribution in [0.5, 0.6) is 5.75 Å². The summed E-state index contributed by atoms with van der Waals surface area (Å²) >= 11 is 5.96. The molecule has 1 heterocycles. The largest absolute Gasteiger partial charge is 0.490 e. The first kappa shape index (κ1) is 18.3. The van der Waals surface area contributed by atoms with E-state index in [1.54, 1.807) is 30.3 Å². The Kier molecular flexibility index (Phi) is 4.48. The maximum absolute atomic E-state index is 12.7. The molecule has 1 amide bonds. The molecule has 0 atom stereocenters. The maximum atomic E-state index is 12.7. The smallest absolute Gasteiger partial charge is 0.335 e. The molecule has 7 heteroatoms. The van der Waals surface area contributed by atoms with Crippen LogP contribution in [0.3, 0.4) is 0 Å². The second kappa shape index (κ2) is 6.84. The summed E-state index contributed by atoms with van der Waals surface area (Å²) in [5.74, 6) is -0.515. The Morgan fingerprint density at radius 2 is 2.00 bits per heavy atom. The van der Waals surface area contributed by atoms with Gasteiger partial charge in [-0.05, 0) is 67.6 Å². The number of halogens is 1. The first-order valence-corrected chi connectivity index (χ1v) is 9.36. The Balaban J connectivity index is 1.53. The van der Waals surface area contributed by atoms with Crippen LogP contribution in [0.4, 0.5) is 5.69 Å². The molecule has 1 aliphatic carbocycles. The highest BCUT2D eigenvalue weighted by molar-refractivity contribution is 6.31. The number of carbonyl (C=O) groups excluding carboxylic acids is 1. The molecule has 0 saturated heterocycles. The zero-order chi connectivity index (χ0) is 19.9. The van der Waals surface area contributed by atoms with E-state index in [1.807, 2.05) is 6.07 Å². The molecule has 4 rings (SSSR count). The van der Waals surface area contributed by atoms with Gasteiger partial charge in [-0.2, -0.15) is 5.26 Å². The van der Waals surface area contributed by atoms with Gasteiger partial charge in [0.2, 0.25) is 5.91 Å². The zero-order valence-corrected chi connectivity index (χ0v) is 15.6. The van der Waals surface area contributed by atoms with Crippen LogP contribution in [0.2, 0.25) is 5.02 Å². The van der Waals surface area contributed by atoms with E-state index in [4.69, 9.17) is 21.6 Å². The Bertz CT molecular complexity index is 1020. The number of nitrogens with zero attached hydrogens (tertiary/aromatic N) is 1. The molecule has 1 fully saturated rings. The van der Waals surface area contributed by atoms with Crippen molar-refractivity contribution in [1.82, 2.24) is 0 Å². The maximum Gasteiger partial charge on any atom is 0.335 e. The molecule has 2 aliphatic rings. The minimum Gasteiger partial charge on any atom is -0.490 e. The van der Waals surface area contributed by atoms with Crippen LogP contribution >= 0.6 is 11.6 Å². The van der Waals surface area contributed by atoms with Crippen LogP contribution in [0.1, 0.15) is 47.2 Å². The fourth-order valence-corrected chi connectivity index (χ4v) is 4.26. The number of hydrogen-bond donors (Lipinski definition) is 2. The van der Waals surface area contributed by atoms with Crippen molar-refractivity contribution >= 4 is 29.2 Å². The molecule has 142 valence electrons. The molecule has 0 aromatic heterocycles. The number of fused-ring (bicyclic) bond motifs is 2. The summed E-state index contributed by atoms with van der Waals surface area (Å²) in [4.78, 5) is 24.1. The number of rotatable bonds is 3. The van der Waals surface area contributed by atoms with Crippen molar-refractivity contribution in [2.75, 3.05) is 5.32 Å². The summed E-state index contributed by atoms with van der Waals surface area (Å²) in [6, 6.07) is 11.8. The summed E-state index contributed by atoms with van der Waals surface area (Å²) < 4.78 is 6.01. The average Bonchev–Trinajstić information content (AvgIpc) is 2.96. The van der Waals surface area contributed by atoms with Gasteiger partial charge in [0.25, 0.3) is 0 Å². The highest BCUT2D eigenvalue weighted by Gasteiger charge is 2.49. The minimum absolute atomic E-state index is 0.0817. The Morgan fingerprint density at radius 3 is 2.68 bits per heavy atom. The monoisotopic (exact) mass is 396 g/mol. The molecular formula is C21H17ClN2O4. The average molecular weight is 397 g/mol. The van der Waals surface area contributed by atoms with E-state index in [0.29, 0.717) is 47.7 Å². The van der Waals surface area contributed by atoms with Gasteiger partial charge in [0.1, 0.15) is 11.8 Å². The van der Waals surface area contributed by atoms with Crippen LogP contribution in [-0.4, -0.2) is 23.1 Å². The standard InChI is InChI=1S/C21H17ClN2O4/c22-17-3-2-15(9-13(17)11-23)28-14-5-7-21(8-6-14)16-10-12(19(25)26)1-4-18(16)24-20(21)27/h1-4,9-10,14H,5-8H2,(H,24,27)(H,25,26)/t14-,21-. The third kappa shape index (κ3) is 2.98. The van der Waals surface area contributed by atoms with E-state index in [0.717, 1.165) is 5.56 Å². The van der Waals surface area contributed by atoms with E-state index >= 15 is 0 Å². The van der Waals surface area contributed by atoms with Crippen molar-refractivity contribution in [2.24, 2.45) is 0 Å². The second-order valence-electron chi connectivity index (χ2n) is 7.17. The number of carbonyl (C=O) groups is 2. The molecule has 1 saturated carbocycles. The molecule has 1 spiro atoms. The van der Waals surface area contributed by atoms with Crippen molar-refractivity contribution < 1.29 is 19.4 Å². The molecule has 2 N–H and O–H groups in total. The highest BCUT2D eigenvalue weighted by Crippen LogP contribution is 2.48. The molecule has 6 nitrogen and oxygen atoms in total. The third-order valence-electron chi connectivity index (χ3n) is 5.61. The summed E-state index contributed by atoms with van der Waals surface area (Å²) in [5, 5.41) is 21.6. The van der Waals surface area contributed by atoms with Gasteiger partial charge in [0.05, 0.1) is 27.7 Å². The summed E-state index contributed by atoms with van der Waals surface area (Å²) in [6.45, 7) is 0. The Morgan fingerprint density at radius 1 is 1.25 bits per heavy atom. The molecule has 0 unspecified atom stereocenters. The van der Waals surface area contributed by atoms with Crippen molar-refractivity contribution in [2.45, 2.75) is 37.2 Å². The van der Waals surface area contributed by atoms with Gasteiger partial charge < -0.3 is 15.2 Å². The first-order valence-electron chi connectivity index (χ1n) is 8.98. The van der Waals surface area contributed by atoms with E-state index < -0.39 is 11.4 Å². The molecule has 1 aliphatic heterocycles. The Hall–Kier alpha value is -3.04. The van der Waals surface area contributed by atoms with Crippen molar-refractivity contribution in [3.8, 4) is 11.8 Å². The number of hydrogen-bond acceptors (Lipinski definition) is 4. The number of amides is 1. The lowest BCUT2D eigenvalue weighted by atomic mass is 9.69. The lowest BCUT2D eigenvalue weighted by Gasteiger charge is -2.35. The SMILES string of the molecule is N#Cc1cc(O[C@H]2CC[C@@]3(CC2)C(=O)Nc2ccc(C(=O)O)cc23)ccc1Cl. The van der Waals surface area contributed by atoms with Gasteiger partial charge >= 0.3 is 5.97 Å². The van der Waals surface area contributed by atoms with Gasteiger partial charge in [0.15, 0.2) is 0 Å². The molecule has 28 heavy (non-hydrogen) atoms. The predicted molar refractivity (Wildman–Crippen MR) is 103 cm³/mol. The highest BCUT2D eigenvalue weighted by atomic mass is 35.5. The predicted octanol–water partition coefficient (Wildman–Crippen LogP) is 4.12. The topological polar surface area (TPSA) is 99.4 Å². The quantitative estimate of drug-likeness (QED) is 0.812. The summed E-state index contributed by atoms with van der Waals surface area (Å²) in [6.07, 6.45) is 2.35. The van der Waals surface area contributed by atoms with E-state index in [1.165, 1.54) is 6.07 Å². The molecule has 0 radical (unpaired) electrons. The van der Waals surface area contributed by atoms with Crippen LogP contribution in [-0.2, 0) is 10.2 Å². The number of carboxylic acid groups (broad SMARTS) is 1. The van der Waals surface area contributed by atoms with Gasteiger partial charge in [-0.25, -0.2) is 4.79 Å². The summed E-state index contributed by atoms with van der Waals surface area (Å²) in [5.41, 5.74) is 1.27. The minimum atomic E-state index is -1.01. The Labute approximate surface area is 166 Å². The number of nitrogens with one attached hydrogen (secondary N) is 1. The lowest BCUT2D eigenvalue weighted by molar-refractivity contribution is -0.122. The lowest BCUT2D eigenvalue weighted by Crippen LogP contribution is -2.41. The number of ether oxygens (including phenoxy) is 1. The van der Waals surface area contributed by atoms with Crippen LogP contribution < -0.4 is 10.1 Å². The second-order valence-corrected chi connectivity index (χ2v) is 7.58. The number of carboxylic acids is 1. The van der Waals surface area contributed by atoms with Crippen LogP contribution in [0.25, 0.3) is 0 Å². The summed E-state index contributed by atoms with van der Waals surface area (Å²) in [7, 11) is 0. The van der Waals surface area contributed by atoms with Gasteiger partial charge in [0, 0.05) is 5.69 Å². The van der Waals surface area contributed by atoms with Crippen LogP contribution in [0, 0.1) is 11.3 Å². The van der Waals surface area contributed by atoms with Crippen molar-refractivity contribution in [3.05, 3.63) is 58.1 Å². The zero-order valence-electron chi connectivity index (χ0n) is 14.9. The molecule has 2 aromatic carbocycles. The molecule has 2 aromatic rings. The normalized spacial score (nSPS) is 23.0. The van der Waals surface area contributed by atoms with Crippen molar-refractivity contribution in [1.29, 1.82) is 5.26 Å². The molecular weight excluding hydrogens is 380 g/mol. The van der Waals surface area contributed by atoms with Gasteiger partial charge in [-0.1, -0.05) is 11.6 Å². The van der Waals surface area contributed by atoms with Crippen molar-refractivity contribution in [3.63, 3.8) is 0 Å². The van der Waals surface area contributed by atoms with E-state index in [2.05, 4.69) is 5.32 Å². The number of aromatic carboxylic acids is 1. The number of benzene rings is 2. The number of anilines is 1. The fraction of sp³-hybridized carbons (Fsp3) is 0.286.